The number of amides is 3. The van der Waals surface area contributed by atoms with Crippen molar-refractivity contribution in [2.75, 3.05) is 6.54 Å². The number of halogens is 2. The zero-order chi connectivity index (χ0) is 22.4. The van der Waals surface area contributed by atoms with Crippen LogP contribution in [-0.4, -0.2) is 45.6 Å². The number of aryl methyl sites for hydroxylation is 1. The van der Waals surface area contributed by atoms with Crippen LogP contribution in [0, 0.1) is 18.3 Å². The summed E-state index contributed by atoms with van der Waals surface area (Å²) in [6.07, 6.45) is 1.76. The normalized spacial score (nSPS) is 19.4. The number of nitriles is 1. The van der Waals surface area contributed by atoms with Crippen molar-refractivity contribution in [1.29, 1.82) is 5.26 Å². The zero-order valence-electron chi connectivity index (χ0n) is 16.6. The average Bonchev–Trinajstić information content (AvgIpc) is 3.24. The van der Waals surface area contributed by atoms with Gasteiger partial charge in [-0.3, -0.25) is 19.5 Å². The van der Waals surface area contributed by atoms with Gasteiger partial charge >= 0.3 is 6.03 Å². The Morgan fingerprint density at radius 2 is 1.97 bits per heavy atom. The zero-order valence-corrected chi connectivity index (χ0v) is 17.4. The molecule has 1 aliphatic heterocycles. The van der Waals surface area contributed by atoms with Crippen LogP contribution in [0.5, 0.6) is 0 Å². The fourth-order valence-corrected chi connectivity index (χ4v) is 5.04. The molecule has 1 saturated carbocycles. The number of nitrogens with zero attached hydrogens (tertiary/aromatic N) is 3. The fraction of sp³-hybridized carbons (Fsp3) is 0.381. The molecule has 3 amide bonds. The summed E-state index contributed by atoms with van der Waals surface area (Å²) in [5.41, 5.74) is 0.533. The first-order chi connectivity index (χ1) is 14.6. The molecule has 0 aromatic carbocycles. The molecule has 160 valence electrons. The Balaban J connectivity index is 1.52. The van der Waals surface area contributed by atoms with E-state index in [-0.39, 0.29) is 12.8 Å². The van der Waals surface area contributed by atoms with Gasteiger partial charge in [-0.1, -0.05) is 0 Å². The fourth-order valence-electron chi connectivity index (χ4n) is 3.95. The van der Waals surface area contributed by atoms with Gasteiger partial charge in [0.1, 0.15) is 11.6 Å². The maximum Gasteiger partial charge on any atom is 0.325 e. The average molecular weight is 444 g/mol. The highest BCUT2D eigenvalue weighted by Gasteiger charge is 2.55. The molecule has 0 atom stereocenters. The molecule has 1 aliphatic carbocycles. The monoisotopic (exact) mass is 444 g/mol. The van der Waals surface area contributed by atoms with Crippen LogP contribution in [0.15, 0.2) is 24.5 Å². The van der Waals surface area contributed by atoms with Crippen LogP contribution in [0.3, 0.4) is 0 Å². The van der Waals surface area contributed by atoms with Crippen LogP contribution in [-0.2, 0) is 4.79 Å². The molecule has 0 bridgehead atoms. The number of ketones is 1. The number of carbonyl (C=O) groups excluding carboxylic acids is 3. The number of thiophene rings is 1. The van der Waals surface area contributed by atoms with E-state index in [0.29, 0.717) is 16.0 Å². The Labute approximate surface area is 180 Å². The van der Waals surface area contributed by atoms with Gasteiger partial charge in [0, 0.05) is 35.7 Å². The van der Waals surface area contributed by atoms with E-state index >= 15 is 0 Å². The molecule has 2 fully saturated rings. The molecular weight excluding hydrogens is 426 g/mol. The van der Waals surface area contributed by atoms with E-state index in [1.54, 1.807) is 18.3 Å². The van der Waals surface area contributed by atoms with Gasteiger partial charge in [-0.25, -0.2) is 13.6 Å². The number of carbonyl (C=O) groups is 3. The van der Waals surface area contributed by atoms with Crippen molar-refractivity contribution < 1.29 is 23.2 Å². The molecule has 2 aliphatic rings. The smallest absolute Gasteiger partial charge is 0.323 e. The van der Waals surface area contributed by atoms with Crippen LogP contribution >= 0.6 is 11.3 Å². The standard InChI is InChI=1S/C21H18F2N4O3S/c1-12-6-16(31-17(12)14-7-13(8-24)9-25-10-14)15(28)11-27-18(29)20(26-19(27)30)2-4-21(22,23)5-3-20/h6-7,9-10H,2-5,11H2,1H3,(H,26,30). The minimum atomic E-state index is -2.85. The summed E-state index contributed by atoms with van der Waals surface area (Å²) in [4.78, 5) is 44.0. The Kier molecular flexibility index (Phi) is 5.09. The number of imide groups is 1. The second-order valence-corrected chi connectivity index (χ2v) is 8.93. The molecule has 2 aromatic heterocycles. The third-order valence-corrected chi connectivity index (χ3v) is 7.03. The van der Waals surface area contributed by atoms with E-state index in [9.17, 15) is 23.2 Å². The van der Waals surface area contributed by atoms with E-state index in [2.05, 4.69) is 10.3 Å². The van der Waals surface area contributed by atoms with E-state index < -0.39 is 48.6 Å². The number of Topliss-reactive ketones (excluding diaryl/α,β-unsaturated/α-hetero) is 1. The summed E-state index contributed by atoms with van der Waals surface area (Å²) in [6.45, 7) is 1.35. The highest BCUT2D eigenvalue weighted by atomic mass is 32.1. The Morgan fingerprint density at radius 3 is 2.65 bits per heavy atom. The minimum Gasteiger partial charge on any atom is -0.323 e. The quantitative estimate of drug-likeness (QED) is 0.573. The number of pyridine rings is 1. The van der Waals surface area contributed by atoms with Gasteiger partial charge in [0.15, 0.2) is 5.78 Å². The predicted octanol–water partition coefficient (Wildman–Crippen LogP) is 3.67. The molecule has 31 heavy (non-hydrogen) atoms. The van der Waals surface area contributed by atoms with Gasteiger partial charge in [0.25, 0.3) is 5.91 Å². The first kappa shape index (κ1) is 21.1. The number of rotatable bonds is 4. The lowest BCUT2D eigenvalue weighted by atomic mass is 9.80. The molecule has 7 nitrogen and oxygen atoms in total. The Bertz CT molecular complexity index is 1130. The summed E-state index contributed by atoms with van der Waals surface area (Å²) in [5, 5.41) is 11.6. The van der Waals surface area contributed by atoms with Crippen molar-refractivity contribution in [3.63, 3.8) is 0 Å². The number of hydrogen-bond donors (Lipinski definition) is 1. The first-order valence-electron chi connectivity index (χ1n) is 9.65. The third-order valence-electron chi connectivity index (χ3n) is 5.70. The van der Waals surface area contributed by atoms with E-state index in [1.807, 2.05) is 13.0 Å². The van der Waals surface area contributed by atoms with Crippen LogP contribution < -0.4 is 5.32 Å². The largest absolute Gasteiger partial charge is 0.325 e. The van der Waals surface area contributed by atoms with Crippen molar-refractivity contribution in [3.8, 4) is 16.5 Å². The molecule has 2 aromatic rings. The van der Waals surface area contributed by atoms with Gasteiger partial charge < -0.3 is 5.32 Å². The lowest BCUT2D eigenvalue weighted by Crippen LogP contribution is -2.51. The van der Waals surface area contributed by atoms with Crippen molar-refractivity contribution in [1.82, 2.24) is 15.2 Å². The highest BCUT2D eigenvalue weighted by molar-refractivity contribution is 7.17. The van der Waals surface area contributed by atoms with Crippen molar-refractivity contribution in [3.05, 3.63) is 40.5 Å². The number of urea groups is 1. The minimum absolute atomic E-state index is 0.153. The summed E-state index contributed by atoms with van der Waals surface area (Å²) in [5.74, 6) is -3.89. The Morgan fingerprint density at radius 1 is 1.26 bits per heavy atom. The van der Waals surface area contributed by atoms with Gasteiger partial charge in [-0.05, 0) is 37.5 Å². The van der Waals surface area contributed by atoms with Gasteiger partial charge in [-0.2, -0.15) is 5.26 Å². The van der Waals surface area contributed by atoms with Crippen molar-refractivity contribution >= 4 is 29.1 Å². The molecule has 1 N–H and O–H groups in total. The topological polar surface area (TPSA) is 103 Å². The first-order valence-corrected chi connectivity index (χ1v) is 10.5. The molecule has 3 heterocycles. The summed E-state index contributed by atoms with van der Waals surface area (Å²) < 4.78 is 27.0. The lowest BCUT2D eigenvalue weighted by molar-refractivity contribution is -0.135. The SMILES string of the molecule is Cc1cc(C(=O)CN2C(=O)NC3(CCC(F)(F)CC3)C2=O)sc1-c1cncc(C#N)c1. The van der Waals surface area contributed by atoms with Crippen LogP contribution in [0.4, 0.5) is 13.6 Å². The molecule has 1 spiro atoms. The van der Waals surface area contributed by atoms with E-state index in [0.717, 1.165) is 15.3 Å². The molecule has 0 radical (unpaired) electrons. The lowest BCUT2D eigenvalue weighted by Gasteiger charge is -2.34. The molecular formula is C21H18F2N4O3S. The van der Waals surface area contributed by atoms with Crippen molar-refractivity contribution in [2.24, 2.45) is 0 Å². The third kappa shape index (κ3) is 3.81. The van der Waals surface area contributed by atoms with Crippen molar-refractivity contribution in [2.45, 2.75) is 44.1 Å². The molecule has 0 unspecified atom stereocenters. The summed E-state index contributed by atoms with van der Waals surface area (Å²) in [6, 6.07) is 4.61. The van der Waals surface area contributed by atoms with E-state index in [1.165, 1.54) is 17.5 Å². The second kappa shape index (κ2) is 7.50. The van der Waals surface area contributed by atoms with Crippen LogP contribution in [0.1, 0.15) is 46.5 Å². The second-order valence-electron chi connectivity index (χ2n) is 7.88. The van der Waals surface area contributed by atoms with Gasteiger partial charge in [0.2, 0.25) is 5.92 Å². The molecule has 4 rings (SSSR count). The predicted molar refractivity (Wildman–Crippen MR) is 108 cm³/mol. The molecule has 10 heteroatoms. The highest BCUT2D eigenvalue weighted by Crippen LogP contribution is 2.41. The number of aromatic nitrogens is 1. The maximum atomic E-state index is 13.5. The van der Waals surface area contributed by atoms with Crippen LogP contribution in [0.25, 0.3) is 10.4 Å². The number of alkyl halides is 2. The number of nitrogens with one attached hydrogen (secondary N) is 1. The van der Waals surface area contributed by atoms with Gasteiger partial charge in [0.05, 0.1) is 17.0 Å². The summed E-state index contributed by atoms with van der Waals surface area (Å²) in [7, 11) is 0. The summed E-state index contributed by atoms with van der Waals surface area (Å²) >= 11 is 1.18. The number of hydrogen-bond acceptors (Lipinski definition) is 6. The maximum absolute atomic E-state index is 13.5. The van der Waals surface area contributed by atoms with Crippen LogP contribution in [0.2, 0.25) is 0 Å². The van der Waals surface area contributed by atoms with Gasteiger partial charge in [-0.15, -0.1) is 11.3 Å². The molecule has 1 saturated heterocycles. The van der Waals surface area contributed by atoms with E-state index in [4.69, 9.17) is 5.26 Å². The Hall–Kier alpha value is -3.19.